The lowest BCUT2D eigenvalue weighted by atomic mass is 9.74. The summed E-state index contributed by atoms with van der Waals surface area (Å²) < 4.78 is 10.8. The molecular weight excluding hydrogens is 226 g/mol. The van der Waals surface area contributed by atoms with Gasteiger partial charge in [0.1, 0.15) is 11.9 Å². The summed E-state index contributed by atoms with van der Waals surface area (Å²) in [4.78, 5) is 4.58. The van der Waals surface area contributed by atoms with Crippen molar-refractivity contribution in [2.45, 2.75) is 33.8 Å². The van der Waals surface area contributed by atoms with E-state index in [9.17, 15) is 0 Å². The van der Waals surface area contributed by atoms with E-state index in [0.29, 0.717) is 5.92 Å². The van der Waals surface area contributed by atoms with Crippen molar-refractivity contribution in [1.82, 2.24) is 0 Å². The molecule has 1 aliphatic rings. The van der Waals surface area contributed by atoms with E-state index in [1.165, 1.54) is 0 Å². The Labute approximate surface area is 109 Å². The first kappa shape index (κ1) is 12.9. The van der Waals surface area contributed by atoms with Gasteiger partial charge in [-0.1, -0.05) is 20.8 Å². The number of ether oxygens (including phenoxy) is 2. The van der Waals surface area contributed by atoms with Crippen molar-refractivity contribution in [2.24, 2.45) is 16.3 Å². The van der Waals surface area contributed by atoms with Crippen LogP contribution in [-0.4, -0.2) is 19.1 Å². The zero-order chi connectivity index (χ0) is 13.3. The van der Waals surface area contributed by atoms with Gasteiger partial charge in [-0.2, -0.15) is 0 Å². The topological polar surface area (TPSA) is 30.8 Å². The highest BCUT2D eigenvalue weighted by atomic mass is 16.5. The molecule has 0 unspecified atom stereocenters. The van der Waals surface area contributed by atoms with Crippen LogP contribution < -0.4 is 4.74 Å². The number of aliphatic imine (C=N–C) groups is 1. The molecular formula is C15H21NO2. The molecule has 1 aliphatic heterocycles. The molecule has 0 aliphatic carbocycles. The van der Waals surface area contributed by atoms with Crippen molar-refractivity contribution in [3.63, 3.8) is 0 Å². The van der Waals surface area contributed by atoms with E-state index in [1.54, 1.807) is 7.11 Å². The lowest BCUT2D eigenvalue weighted by molar-refractivity contribution is 0.0142. The number of benzene rings is 1. The van der Waals surface area contributed by atoms with Crippen LogP contribution in [0.4, 0.5) is 5.69 Å². The molecule has 0 aromatic heterocycles. The molecule has 2 rings (SSSR count). The van der Waals surface area contributed by atoms with Crippen LogP contribution >= 0.6 is 0 Å². The highest BCUT2D eigenvalue weighted by Crippen LogP contribution is 2.39. The Morgan fingerprint density at radius 2 is 1.78 bits per heavy atom. The highest BCUT2D eigenvalue weighted by Gasteiger charge is 2.44. The predicted molar refractivity (Wildman–Crippen MR) is 73.6 cm³/mol. The summed E-state index contributed by atoms with van der Waals surface area (Å²) >= 11 is 0. The Hall–Kier alpha value is -1.51. The molecule has 3 nitrogen and oxygen atoms in total. The fraction of sp³-hybridized carbons (Fsp3) is 0.533. The largest absolute Gasteiger partial charge is 0.497 e. The number of rotatable bonds is 2. The molecule has 0 saturated carbocycles. The van der Waals surface area contributed by atoms with E-state index >= 15 is 0 Å². The van der Waals surface area contributed by atoms with Gasteiger partial charge in [0.05, 0.1) is 18.7 Å². The quantitative estimate of drug-likeness (QED) is 0.795. The lowest BCUT2D eigenvalue weighted by Gasteiger charge is -2.44. The van der Waals surface area contributed by atoms with Crippen LogP contribution in [0.2, 0.25) is 0 Å². The monoisotopic (exact) mass is 247 g/mol. The summed E-state index contributed by atoms with van der Waals surface area (Å²) in [6, 6.07) is 7.71. The second-order valence-electron chi connectivity index (χ2n) is 5.81. The molecule has 1 heterocycles. The third kappa shape index (κ3) is 2.50. The molecule has 98 valence electrons. The lowest BCUT2D eigenvalue weighted by Crippen LogP contribution is -2.50. The average Bonchev–Trinajstić information content (AvgIpc) is 2.26. The minimum atomic E-state index is 0.184. The van der Waals surface area contributed by atoms with Crippen LogP contribution in [0, 0.1) is 11.3 Å². The first-order valence-corrected chi connectivity index (χ1v) is 6.31. The maximum atomic E-state index is 5.66. The van der Waals surface area contributed by atoms with E-state index in [4.69, 9.17) is 9.47 Å². The van der Waals surface area contributed by atoms with Gasteiger partial charge in [-0.3, -0.25) is 0 Å². The zero-order valence-corrected chi connectivity index (χ0v) is 11.7. The van der Waals surface area contributed by atoms with E-state index in [1.807, 2.05) is 24.3 Å². The maximum Gasteiger partial charge on any atom is 0.196 e. The maximum absolute atomic E-state index is 5.66. The third-order valence-corrected chi connectivity index (χ3v) is 3.29. The second kappa shape index (κ2) is 4.63. The van der Waals surface area contributed by atoms with Gasteiger partial charge in [-0.05, 0) is 36.6 Å². The number of nitrogens with zero attached hydrogens (tertiary/aromatic N) is 1. The molecule has 1 aromatic rings. The zero-order valence-electron chi connectivity index (χ0n) is 11.7. The first-order chi connectivity index (χ1) is 8.41. The fourth-order valence-corrected chi connectivity index (χ4v) is 2.41. The Bertz CT molecular complexity index is 443. The minimum absolute atomic E-state index is 0.184. The summed E-state index contributed by atoms with van der Waals surface area (Å²) in [5, 5.41) is 0. The van der Waals surface area contributed by atoms with E-state index < -0.39 is 0 Å². The summed E-state index contributed by atoms with van der Waals surface area (Å²) in [6.07, 6.45) is 0.252. The SMILES string of the molecule is COc1ccc(N=C2O[C@@H](C)[C@H]2C(C)(C)C)cc1. The van der Waals surface area contributed by atoms with Crippen molar-refractivity contribution >= 4 is 11.6 Å². The van der Waals surface area contributed by atoms with Crippen molar-refractivity contribution in [1.29, 1.82) is 0 Å². The Morgan fingerprint density at radius 1 is 1.17 bits per heavy atom. The standard InChI is InChI=1S/C15H21NO2/c1-10-13(15(2,3)4)14(18-10)16-11-6-8-12(17-5)9-7-11/h6-10,13H,1-5H3/t10-,13+/m0/s1. The fourth-order valence-electron chi connectivity index (χ4n) is 2.41. The number of hydrogen-bond donors (Lipinski definition) is 0. The highest BCUT2D eigenvalue weighted by molar-refractivity contribution is 5.87. The molecule has 1 saturated heterocycles. The molecule has 0 spiro atoms. The summed E-state index contributed by atoms with van der Waals surface area (Å²) in [5.74, 6) is 2.08. The van der Waals surface area contributed by atoms with Gasteiger partial charge < -0.3 is 9.47 Å². The Morgan fingerprint density at radius 3 is 2.22 bits per heavy atom. The van der Waals surface area contributed by atoms with Crippen LogP contribution in [0.1, 0.15) is 27.7 Å². The smallest absolute Gasteiger partial charge is 0.196 e. The minimum Gasteiger partial charge on any atom is -0.497 e. The second-order valence-corrected chi connectivity index (χ2v) is 5.81. The predicted octanol–water partition coefficient (Wildman–Crippen LogP) is 3.81. The summed E-state index contributed by atoms with van der Waals surface area (Å²) in [6.45, 7) is 8.77. The van der Waals surface area contributed by atoms with Gasteiger partial charge in [-0.25, -0.2) is 4.99 Å². The molecule has 0 bridgehead atoms. The number of methoxy groups -OCH3 is 1. The molecule has 1 fully saturated rings. The van der Waals surface area contributed by atoms with Gasteiger partial charge >= 0.3 is 0 Å². The van der Waals surface area contributed by atoms with E-state index in [-0.39, 0.29) is 11.5 Å². The molecule has 0 N–H and O–H groups in total. The van der Waals surface area contributed by atoms with Gasteiger partial charge in [0.15, 0.2) is 5.90 Å². The average molecular weight is 247 g/mol. The van der Waals surface area contributed by atoms with Crippen LogP contribution in [-0.2, 0) is 4.74 Å². The van der Waals surface area contributed by atoms with Crippen molar-refractivity contribution < 1.29 is 9.47 Å². The summed E-state index contributed by atoms with van der Waals surface area (Å²) in [5.41, 5.74) is 1.09. The van der Waals surface area contributed by atoms with Gasteiger partial charge in [-0.15, -0.1) is 0 Å². The van der Waals surface area contributed by atoms with Crippen LogP contribution in [0.5, 0.6) is 5.75 Å². The molecule has 18 heavy (non-hydrogen) atoms. The molecule has 1 aromatic carbocycles. The van der Waals surface area contributed by atoms with Crippen LogP contribution in [0.25, 0.3) is 0 Å². The van der Waals surface area contributed by atoms with Crippen molar-refractivity contribution in [3.05, 3.63) is 24.3 Å². The third-order valence-electron chi connectivity index (χ3n) is 3.29. The van der Waals surface area contributed by atoms with Crippen molar-refractivity contribution in [2.75, 3.05) is 7.11 Å². The molecule has 0 radical (unpaired) electrons. The number of hydrogen-bond acceptors (Lipinski definition) is 3. The van der Waals surface area contributed by atoms with Gasteiger partial charge in [0, 0.05) is 0 Å². The molecule has 3 heteroatoms. The van der Waals surface area contributed by atoms with Gasteiger partial charge in [0.2, 0.25) is 0 Å². The first-order valence-electron chi connectivity index (χ1n) is 6.31. The Balaban J connectivity index is 2.18. The van der Waals surface area contributed by atoms with Crippen LogP contribution in [0.3, 0.4) is 0 Å². The van der Waals surface area contributed by atoms with E-state index in [0.717, 1.165) is 17.3 Å². The molecule has 0 amide bonds. The van der Waals surface area contributed by atoms with Gasteiger partial charge in [0.25, 0.3) is 0 Å². The molecule has 2 atom stereocenters. The van der Waals surface area contributed by atoms with Crippen molar-refractivity contribution in [3.8, 4) is 5.75 Å². The summed E-state index contributed by atoms with van der Waals surface area (Å²) in [7, 11) is 1.66. The van der Waals surface area contributed by atoms with Crippen LogP contribution in [0.15, 0.2) is 29.3 Å². The Kier molecular flexibility index (Phi) is 3.33. The normalized spacial score (nSPS) is 25.5. The van der Waals surface area contributed by atoms with E-state index in [2.05, 4.69) is 32.7 Å².